The number of hydrogen-bond acceptors (Lipinski definition) is 2. The number of nitrogens with one attached hydrogen (secondary N) is 1. The number of halogens is 2. The van der Waals surface area contributed by atoms with Crippen molar-refractivity contribution in [1.29, 1.82) is 0 Å². The molecular weight excluding hydrogens is 321 g/mol. The van der Waals surface area contributed by atoms with Gasteiger partial charge in [0, 0.05) is 17.8 Å². The molecule has 0 radical (unpaired) electrons. The van der Waals surface area contributed by atoms with Crippen LogP contribution >= 0.6 is 15.9 Å². The number of methoxy groups -OCH3 is 1. The number of ether oxygens (including phenoxy) is 1. The maximum absolute atomic E-state index is 13.2. The molecule has 0 heterocycles. The van der Waals surface area contributed by atoms with Crippen LogP contribution in [0.4, 0.5) is 10.1 Å². The smallest absolute Gasteiger partial charge is 0.137 e. The second-order valence-electron chi connectivity index (χ2n) is 4.69. The normalized spacial score (nSPS) is 10.4. The van der Waals surface area contributed by atoms with Crippen LogP contribution in [0.5, 0.6) is 5.75 Å². The van der Waals surface area contributed by atoms with E-state index in [1.807, 2.05) is 26.0 Å². The van der Waals surface area contributed by atoms with E-state index in [2.05, 4.69) is 21.2 Å². The van der Waals surface area contributed by atoms with Gasteiger partial charge in [0.05, 0.1) is 11.6 Å². The molecule has 0 spiro atoms. The van der Waals surface area contributed by atoms with Crippen LogP contribution in [0.2, 0.25) is 0 Å². The Hall–Kier alpha value is -1.55. The molecule has 0 saturated carbocycles. The van der Waals surface area contributed by atoms with E-state index >= 15 is 0 Å². The molecule has 2 nitrogen and oxygen atoms in total. The zero-order chi connectivity index (χ0) is 14.7. The third-order valence-electron chi connectivity index (χ3n) is 3.27. The fourth-order valence-corrected chi connectivity index (χ4v) is 2.61. The first-order valence-corrected chi connectivity index (χ1v) is 7.14. The second kappa shape index (κ2) is 6.27. The highest BCUT2D eigenvalue weighted by Gasteiger charge is 2.08. The minimum absolute atomic E-state index is 0.248. The van der Waals surface area contributed by atoms with Crippen LogP contribution in [0.3, 0.4) is 0 Å². The van der Waals surface area contributed by atoms with E-state index in [0.29, 0.717) is 11.0 Å². The van der Waals surface area contributed by atoms with Gasteiger partial charge in [-0.3, -0.25) is 0 Å². The molecule has 0 fully saturated rings. The van der Waals surface area contributed by atoms with E-state index in [1.165, 1.54) is 6.07 Å². The van der Waals surface area contributed by atoms with Gasteiger partial charge in [0.2, 0.25) is 0 Å². The minimum atomic E-state index is -0.248. The highest BCUT2D eigenvalue weighted by atomic mass is 79.9. The van der Waals surface area contributed by atoms with Gasteiger partial charge in [0.25, 0.3) is 0 Å². The molecule has 0 bridgehead atoms. The topological polar surface area (TPSA) is 21.3 Å². The molecule has 0 atom stereocenters. The molecule has 1 N–H and O–H groups in total. The Morgan fingerprint density at radius 2 is 1.95 bits per heavy atom. The Labute approximate surface area is 127 Å². The molecule has 2 rings (SSSR count). The monoisotopic (exact) mass is 337 g/mol. The maximum atomic E-state index is 13.2. The summed E-state index contributed by atoms with van der Waals surface area (Å²) in [4.78, 5) is 0. The van der Waals surface area contributed by atoms with Crippen LogP contribution in [0.15, 0.2) is 34.8 Å². The first kappa shape index (κ1) is 14.9. The molecular formula is C16H17BrFNO. The summed E-state index contributed by atoms with van der Waals surface area (Å²) < 4.78 is 19.1. The van der Waals surface area contributed by atoms with E-state index in [1.54, 1.807) is 19.2 Å². The average molecular weight is 338 g/mol. The second-order valence-corrected chi connectivity index (χ2v) is 5.54. The number of benzene rings is 2. The number of rotatable bonds is 4. The summed E-state index contributed by atoms with van der Waals surface area (Å²) in [6.45, 7) is 4.67. The predicted molar refractivity (Wildman–Crippen MR) is 83.9 cm³/mol. The van der Waals surface area contributed by atoms with Crippen LogP contribution in [0.1, 0.15) is 16.7 Å². The van der Waals surface area contributed by atoms with Crippen molar-refractivity contribution >= 4 is 21.6 Å². The molecule has 4 heteroatoms. The first-order valence-electron chi connectivity index (χ1n) is 6.35. The van der Waals surface area contributed by atoms with Crippen molar-refractivity contribution in [3.63, 3.8) is 0 Å². The standard InChI is InChI=1S/C16H17BrFNO/c1-10-4-7-15(11(2)16(10)20-3)19-9-12-5-6-14(18)13(17)8-12/h4-8,19H,9H2,1-3H3. The van der Waals surface area contributed by atoms with Gasteiger partial charge >= 0.3 is 0 Å². The zero-order valence-electron chi connectivity index (χ0n) is 11.8. The summed E-state index contributed by atoms with van der Waals surface area (Å²) in [5, 5.41) is 3.35. The Kier molecular flexibility index (Phi) is 4.65. The molecule has 106 valence electrons. The minimum Gasteiger partial charge on any atom is -0.496 e. The first-order chi connectivity index (χ1) is 9.52. The number of anilines is 1. The Morgan fingerprint density at radius 1 is 1.20 bits per heavy atom. The van der Waals surface area contributed by atoms with Crippen molar-refractivity contribution in [2.75, 3.05) is 12.4 Å². The Bertz CT molecular complexity index is 628. The lowest BCUT2D eigenvalue weighted by atomic mass is 10.1. The van der Waals surface area contributed by atoms with Crippen molar-refractivity contribution in [2.24, 2.45) is 0 Å². The largest absolute Gasteiger partial charge is 0.496 e. The van der Waals surface area contributed by atoms with Crippen LogP contribution in [0.25, 0.3) is 0 Å². The fraction of sp³-hybridized carbons (Fsp3) is 0.250. The van der Waals surface area contributed by atoms with Gasteiger partial charge in [-0.25, -0.2) is 4.39 Å². The lowest BCUT2D eigenvalue weighted by Gasteiger charge is -2.15. The van der Waals surface area contributed by atoms with E-state index in [0.717, 1.165) is 28.1 Å². The lowest BCUT2D eigenvalue weighted by molar-refractivity contribution is 0.409. The lowest BCUT2D eigenvalue weighted by Crippen LogP contribution is -2.03. The molecule has 0 aliphatic carbocycles. The van der Waals surface area contributed by atoms with Gasteiger partial charge in [-0.15, -0.1) is 0 Å². The fourth-order valence-electron chi connectivity index (χ4n) is 2.18. The van der Waals surface area contributed by atoms with Gasteiger partial charge in [-0.05, 0) is 59.1 Å². The van der Waals surface area contributed by atoms with Crippen molar-refractivity contribution in [1.82, 2.24) is 0 Å². The van der Waals surface area contributed by atoms with Gasteiger partial charge in [0.15, 0.2) is 0 Å². The summed E-state index contributed by atoms with van der Waals surface area (Å²) in [5.41, 5.74) is 4.22. The predicted octanol–water partition coefficient (Wildman–Crippen LogP) is 4.83. The quantitative estimate of drug-likeness (QED) is 0.862. The molecule has 0 saturated heterocycles. The van der Waals surface area contributed by atoms with Crippen LogP contribution in [0, 0.1) is 19.7 Å². The highest BCUT2D eigenvalue weighted by Crippen LogP contribution is 2.29. The molecule has 0 aliphatic heterocycles. The Morgan fingerprint density at radius 3 is 2.60 bits per heavy atom. The SMILES string of the molecule is COc1c(C)ccc(NCc2ccc(F)c(Br)c2)c1C. The van der Waals surface area contributed by atoms with E-state index < -0.39 is 0 Å². The van der Waals surface area contributed by atoms with E-state index in [9.17, 15) is 4.39 Å². The Balaban J connectivity index is 2.16. The maximum Gasteiger partial charge on any atom is 0.137 e. The van der Waals surface area contributed by atoms with E-state index in [4.69, 9.17) is 4.74 Å². The summed E-state index contributed by atoms with van der Waals surface area (Å²) in [6.07, 6.45) is 0. The van der Waals surface area contributed by atoms with Gasteiger partial charge < -0.3 is 10.1 Å². The molecule has 0 unspecified atom stereocenters. The van der Waals surface area contributed by atoms with Crippen molar-refractivity contribution in [3.8, 4) is 5.75 Å². The average Bonchev–Trinajstić information content (AvgIpc) is 2.42. The molecule has 2 aromatic carbocycles. The van der Waals surface area contributed by atoms with Gasteiger partial charge in [-0.1, -0.05) is 12.1 Å². The third kappa shape index (κ3) is 3.12. The van der Waals surface area contributed by atoms with Gasteiger partial charge in [0.1, 0.15) is 11.6 Å². The molecule has 0 aliphatic rings. The van der Waals surface area contributed by atoms with E-state index in [-0.39, 0.29) is 5.82 Å². The third-order valence-corrected chi connectivity index (χ3v) is 3.88. The summed E-state index contributed by atoms with van der Waals surface area (Å²) >= 11 is 3.20. The van der Waals surface area contributed by atoms with Crippen molar-refractivity contribution < 1.29 is 9.13 Å². The van der Waals surface area contributed by atoms with Crippen molar-refractivity contribution in [2.45, 2.75) is 20.4 Å². The molecule has 2 aromatic rings. The molecule has 0 aromatic heterocycles. The highest BCUT2D eigenvalue weighted by molar-refractivity contribution is 9.10. The van der Waals surface area contributed by atoms with Crippen LogP contribution in [-0.2, 0) is 6.54 Å². The number of hydrogen-bond donors (Lipinski definition) is 1. The van der Waals surface area contributed by atoms with Crippen LogP contribution in [-0.4, -0.2) is 7.11 Å². The van der Waals surface area contributed by atoms with Crippen molar-refractivity contribution in [3.05, 3.63) is 57.3 Å². The summed E-state index contributed by atoms with van der Waals surface area (Å²) in [7, 11) is 1.68. The van der Waals surface area contributed by atoms with Crippen LogP contribution < -0.4 is 10.1 Å². The number of aryl methyl sites for hydroxylation is 1. The zero-order valence-corrected chi connectivity index (χ0v) is 13.3. The summed E-state index contributed by atoms with van der Waals surface area (Å²) in [6, 6.07) is 9.07. The van der Waals surface area contributed by atoms with Gasteiger partial charge in [-0.2, -0.15) is 0 Å². The molecule has 0 amide bonds. The summed E-state index contributed by atoms with van der Waals surface area (Å²) in [5.74, 6) is 0.650. The molecule has 20 heavy (non-hydrogen) atoms.